The molecule has 0 saturated heterocycles. The number of hydrogen-bond donors (Lipinski definition) is 0. The van der Waals surface area contributed by atoms with E-state index in [1.165, 1.54) is 76.2 Å². The van der Waals surface area contributed by atoms with Crippen LogP contribution in [0.25, 0.3) is 133 Å². The standard InChI is InChI=1S/C35H23N3.C34H22N4/c1-5-13-32-27(9-1)28-10-2-6-14-33(28)37(32)25-19-17-24(18-20-25)31-22-21-26(23-36-31)38-34-15-7-3-11-29(34)30-12-4-8-16-35(30)38;1-5-13-30-25(9-1)26-10-2-6-14-31(26)37(30)24-19-17-23(18-20-24)29-21-36-34(22-35-29)38-32-15-7-3-11-27(32)28-12-4-8-16-33(28)38/h1-23H;1-22H. The van der Waals surface area contributed by atoms with Gasteiger partial charge in [-0.05, 0) is 84.9 Å². The number of benzene rings is 10. The highest BCUT2D eigenvalue weighted by Gasteiger charge is 2.17. The van der Waals surface area contributed by atoms with Crippen LogP contribution in [0.5, 0.6) is 0 Å². The van der Waals surface area contributed by atoms with E-state index in [-0.39, 0.29) is 0 Å². The number of rotatable bonds is 6. The summed E-state index contributed by atoms with van der Waals surface area (Å²) in [5, 5.41) is 10.0. The molecule has 16 aromatic rings. The Kier molecular flexibility index (Phi) is 10.1. The van der Waals surface area contributed by atoms with Crippen molar-refractivity contribution in [2.24, 2.45) is 0 Å². The molecular weight excluding hydrogens is 927 g/mol. The van der Waals surface area contributed by atoms with Gasteiger partial charge in [-0.1, -0.05) is 170 Å². The Labute approximate surface area is 437 Å². The third-order valence-electron chi connectivity index (χ3n) is 15.0. The topological polar surface area (TPSA) is 58.4 Å². The summed E-state index contributed by atoms with van der Waals surface area (Å²) in [7, 11) is 0. The number of aromatic nitrogens is 7. The molecule has 0 fully saturated rings. The van der Waals surface area contributed by atoms with Gasteiger partial charge in [0.05, 0.1) is 79.8 Å². The van der Waals surface area contributed by atoms with Gasteiger partial charge < -0.3 is 13.7 Å². The summed E-state index contributed by atoms with van der Waals surface area (Å²) < 4.78 is 9.15. The first-order chi connectivity index (χ1) is 37.7. The molecule has 0 saturated carbocycles. The second kappa shape index (κ2) is 17.7. The molecule has 0 radical (unpaired) electrons. The normalized spacial score (nSPS) is 11.7. The lowest BCUT2D eigenvalue weighted by atomic mass is 10.1. The van der Waals surface area contributed by atoms with Crippen LogP contribution < -0.4 is 0 Å². The third-order valence-corrected chi connectivity index (χ3v) is 15.0. The minimum Gasteiger partial charge on any atom is -0.309 e. The number of nitrogens with zero attached hydrogens (tertiary/aromatic N) is 7. The molecule has 0 atom stereocenters. The summed E-state index contributed by atoms with van der Waals surface area (Å²) >= 11 is 0. The van der Waals surface area contributed by atoms with Crippen molar-refractivity contribution >= 4 is 87.2 Å². The van der Waals surface area contributed by atoms with E-state index >= 15 is 0 Å². The number of hydrogen-bond acceptors (Lipinski definition) is 3. The molecule has 6 aromatic heterocycles. The second-order valence-electron chi connectivity index (χ2n) is 19.2. The van der Waals surface area contributed by atoms with Crippen LogP contribution in [0.4, 0.5) is 0 Å². The second-order valence-corrected chi connectivity index (χ2v) is 19.2. The van der Waals surface area contributed by atoms with Crippen LogP contribution in [0.3, 0.4) is 0 Å². The maximum Gasteiger partial charge on any atom is 0.156 e. The number of fused-ring (bicyclic) bond motifs is 12. The van der Waals surface area contributed by atoms with Crippen molar-refractivity contribution in [2.45, 2.75) is 0 Å². The lowest BCUT2D eigenvalue weighted by Gasteiger charge is -2.10. The molecule has 0 unspecified atom stereocenters. The van der Waals surface area contributed by atoms with Gasteiger partial charge in [0.15, 0.2) is 5.82 Å². The van der Waals surface area contributed by atoms with E-state index in [0.717, 1.165) is 56.4 Å². The molecule has 16 rings (SSSR count). The van der Waals surface area contributed by atoms with E-state index in [2.05, 4.69) is 273 Å². The molecule has 0 aliphatic rings. The van der Waals surface area contributed by atoms with Crippen LogP contribution in [-0.2, 0) is 0 Å². The molecule has 0 aliphatic heterocycles. The summed E-state index contributed by atoms with van der Waals surface area (Å²) in [6.07, 6.45) is 5.72. The Morgan fingerprint density at radius 3 is 0.776 bits per heavy atom. The molecule has 10 aromatic carbocycles. The van der Waals surface area contributed by atoms with Gasteiger partial charge in [0.2, 0.25) is 0 Å². The maximum absolute atomic E-state index is 4.88. The Bertz CT molecular complexity index is 4010. The summed E-state index contributed by atoms with van der Waals surface area (Å²) in [5.41, 5.74) is 16.8. The molecular formula is C69H45N7. The fourth-order valence-corrected chi connectivity index (χ4v) is 11.6. The first-order valence-electron chi connectivity index (χ1n) is 25.7. The van der Waals surface area contributed by atoms with Gasteiger partial charge in [-0.3, -0.25) is 14.5 Å². The fraction of sp³-hybridized carbons (Fsp3) is 0. The zero-order chi connectivity index (χ0) is 50.1. The largest absolute Gasteiger partial charge is 0.309 e. The smallest absolute Gasteiger partial charge is 0.156 e. The Balaban J connectivity index is 0.000000133. The third kappa shape index (κ3) is 6.94. The number of pyridine rings is 1. The fourth-order valence-electron chi connectivity index (χ4n) is 11.6. The van der Waals surface area contributed by atoms with Gasteiger partial charge in [0.1, 0.15) is 0 Å². The number of para-hydroxylation sites is 8. The van der Waals surface area contributed by atoms with Crippen LogP contribution >= 0.6 is 0 Å². The lowest BCUT2D eigenvalue weighted by Crippen LogP contribution is -1.99. The monoisotopic (exact) mass is 971 g/mol. The van der Waals surface area contributed by atoms with Crippen molar-refractivity contribution in [1.29, 1.82) is 0 Å². The summed E-state index contributed by atoms with van der Waals surface area (Å²) in [4.78, 5) is 14.6. The molecule has 0 aliphatic carbocycles. The molecule has 7 nitrogen and oxygen atoms in total. The van der Waals surface area contributed by atoms with Gasteiger partial charge >= 0.3 is 0 Å². The lowest BCUT2D eigenvalue weighted by molar-refractivity contribution is 1.04. The van der Waals surface area contributed by atoms with Gasteiger partial charge in [0, 0.05) is 65.6 Å². The van der Waals surface area contributed by atoms with Crippen molar-refractivity contribution in [2.75, 3.05) is 0 Å². The predicted molar refractivity (Wildman–Crippen MR) is 314 cm³/mol. The van der Waals surface area contributed by atoms with Crippen molar-refractivity contribution in [3.8, 4) is 45.4 Å². The van der Waals surface area contributed by atoms with Gasteiger partial charge in [-0.15, -0.1) is 0 Å². The first-order valence-corrected chi connectivity index (χ1v) is 25.7. The maximum atomic E-state index is 4.88. The molecule has 76 heavy (non-hydrogen) atoms. The Morgan fingerprint density at radius 2 is 0.474 bits per heavy atom. The van der Waals surface area contributed by atoms with Crippen molar-refractivity contribution in [3.05, 3.63) is 273 Å². The predicted octanol–water partition coefficient (Wildman–Crippen LogP) is 17.3. The van der Waals surface area contributed by atoms with Crippen LogP contribution in [0.15, 0.2) is 273 Å². The molecule has 0 spiro atoms. The molecule has 0 amide bonds. The summed E-state index contributed by atoms with van der Waals surface area (Å²) in [5.74, 6) is 0.813. The zero-order valence-corrected chi connectivity index (χ0v) is 41.1. The minimum atomic E-state index is 0.813. The molecule has 0 N–H and O–H groups in total. The first kappa shape index (κ1) is 43.2. The van der Waals surface area contributed by atoms with Crippen molar-refractivity contribution < 1.29 is 0 Å². The van der Waals surface area contributed by atoms with E-state index in [1.807, 2.05) is 18.6 Å². The van der Waals surface area contributed by atoms with E-state index in [9.17, 15) is 0 Å². The van der Waals surface area contributed by atoms with Crippen LogP contribution in [0, 0.1) is 0 Å². The van der Waals surface area contributed by atoms with Crippen LogP contribution in [0.2, 0.25) is 0 Å². The van der Waals surface area contributed by atoms with Crippen LogP contribution in [0.1, 0.15) is 0 Å². The average molecular weight is 972 g/mol. The average Bonchev–Trinajstić information content (AvgIpc) is 4.24. The van der Waals surface area contributed by atoms with Gasteiger partial charge in [-0.2, -0.15) is 0 Å². The molecule has 356 valence electrons. The molecule has 7 heteroatoms. The van der Waals surface area contributed by atoms with Crippen molar-refractivity contribution in [3.63, 3.8) is 0 Å². The van der Waals surface area contributed by atoms with Crippen molar-refractivity contribution in [1.82, 2.24) is 33.2 Å². The highest BCUT2D eigenvalue weighted by Crippen LogP contribution is 2.37. The summed E-state index contributed by atoms with van der Waals surface area (Å²) in [6.45, 7) is 0. The van der Waals surface area contributed by atoms with E-state index in [0.29, 0.717) is 0 Å². The van der Waals surface area contributed by atoms with Crippen LogP contribution in [-0.4, -0.2) is 33.2 Å². The van der Waals surface area contributed by atoms with E-state index in [4.69, 9.17) is 15.0 Å². The highest BCUT2D eigenvalue weighted by atomic mass is 15.1. The molecule has 0 bridgehead atoms. The quantitative estimate of drug-likeness (QED) is 0.167. The SMILES string of the molecule is c1ccc2c(c1)c1ccccc1n2-c1ccc(-c2ccc(-n3c4ccccc4c4ccccc43)cn2)cc1.c1ccc2c(c1)c1ccccc1n2-c1ccc(-c2cnc(-n3c4ccccc4c4ccccc43)cn2)cc1. The van der Waals surface area contributed by atoms with Gasteiger partial charge in [0.25, 0.3) is 0 Å². The van der Waals surface area contributed by atoms with Gasteiger partial charge in [-0.25, -0.2) is 4.98 Å². The minimum absolute atomic E-state index is 0.813. The van der Waals surface area contributed by atoms with E-state index < -0.39 is 0 Å². The highest BCUT2D eigenvalue weighted by molar-refractivity contribution is 6.12. The zero-order valence-electron chi connectivity index (χ0n) is 41.1. The summed E-state index contributed by atoms with van der Waals surface area (Å²) in [6, 6.07) is 90.0. The Hall–Kier alpha value is -10.4. The Morgan fingerprint density at radius 1 is 0.197 bits per heavy atom. The van der Waals surface area contributed by atoms with E-state index in [1.54, 1.807) is 0 Å². The molecule has 6 heterocycles.